The summed E-state index contributed by atoms with van der Waals surface area (Å²) in [6.45, 7) is 6.10. The van der Waals surface area contributed by atoms with Crippen molar-refractivity contribution in [3.63, 3.8) is 0 Å². The molecule has 1 aliphatic heterocycles. The van der Waals surface area contributed by atoms with E-state index in [-0.39, 0.29) is 30.5 Å². The molecule has 8 nitrogen and oxygen atoms in total. The minimum atomic E-state index is -0.485. The monoisotopic (exact) mass is 488 g/mol. The lowest BCUT2D eigenvalue weighted by Gasteiger charge is -2.21. The second kappa shape index (κ2) is 9.72. The number of hydrogen-bond donors (Lipinski definition) is 2. The van der Waals surface area contributed by atoms with Gasteiger partial charge in [-0.2, -0.15) is 0 Å². The van der Waals surface area contributed by atoms with Crippen molar-refractivity contribution >= 4 is 56.7 Å². The number of nitrogens with one attached hydrogen (secondary N) is 2. The largest absolute Gasteiger partial charge is 0.463 e. The maximum Gasteiger partial charge on any atom is 0.337 e. The summed E-state index contributed by atoms with van der Waals surface area (Å²) in [6.07, 6.45) is 1.64. The van der Waals surface area contributed by atoms with Crippen LogP contribution in [0.5, 0.6) is 0 Å². The van der Waals surface area contributed by atoms with Gasteiger partial charge in [-0.3, -0.25) is 9.36 Å². The Kier molecular flexibility index (Phi) is 6.77. The van der Waals surface area contributed by atoms with Crippen LogP contribution in [0.15, 0.2) is 56.8 Å². The van der Waals surface area contributed by atoms with E-state index in [1.807, 2.05) is 22.9 Å². The molecule has 3 aromatic heterocycles. The molecule has 2 N–H and O–H groups in total. The normalized spacial score (nSPS) is 13.7. The number of allylic oxidation sites excluding steroid dienone is 1. The lowest BCUT2D eigenvalue weighted by atomic mass is 10.2. The van der Waals surface area contributed by atoms with Gasteiger partial charge in [-0.1, -0.05) is 23.9 Å². The smallest absolute Gasteiger partial charge is 0.337 e. The van der Waals surface area contributed by atoms with Crippen molar-refractivity contribution in [3.8, 4) is 10.4 Å². The number of carbonyl (C=O) groups is 2. The van der Waals surface area contributed by atoms with E-state index in [9.17, 15) is 14.4 Å². The van der Waals surface area contributed by atoms with Crippen LogP contribution in [0.1, 0.15) is 6.92 Å². The summed E-state index contributed by atoms with van der Waals surface area (Å²) in [5.74, 6) is -0.235. The summed E-state index contributed by atoms with van der Waals surface area (Å²) in [5, 5.41) is 10.3. The van der Waals surface area contributed by atoms with Gasteiger partial charge in [0, 0.05) is 33.8 Å². The van der Waals surface area contributed by atoms with E-state index in [0.717, 1.165) is 10.4 Å². The third kappa shape index (κ3) is 4.36. The molecule has 0 bridgehead atoms. The molecule has 2 amide bonds. The molecule has 0 aromatic carbocycles. The predicted octanol–water partition coefficient (Wildman–Crippen LogP) is 3.59. The number of thiophene rings is 2. The lowest BCUT2D eigenvalue weighted by Crippen LogP contribution is -2.44. The first-order chi connectivity index (χ1) is 15.5. The Morgan fingerprint density at radius 1 is 1.41 bits per heavy atom. The van der Waals surface area contributed by atoms with Crippen molar-refractivity contribution in [1.82, 2.24) is 20.2 Å². The maximum absolute atomic E-state index is 13.4. The third-order valence-electron chi connectivity index (χ3n) is 4.68. The van der Waals surface area contributed by atoms with Crippen molar-refractivity contribution < 1.29 is 14.3 Å². The van der Waals surface area contributed by atoms with E-state index in [0.29, 0.717) is 33.2 Å². The molecule has 0 unspecified atom stereocenters. The van der Waals surface area contributed by atoms with Crippen molar-refractivity contribution in [3.05, 3.63) is 57.2 Å². The van der Waals surface area contributed by atoms with Crippen LogP contribution in [0.25, 0.3) is 20.7 Å². The Bertz CT molecular complexity index is 1270. The van der Waals surface area contributed by atoms with Crippen molar-refractivity contribution in [1.29, 1.82) is 0 Å². The van der Waals surface area contributed by atoms with Crippen molar-refractivity contribution in [2.24, 2.45) is 0 Å². The summed E-state index contributed by atoms with van der Waals surface area (Å²) < 4.78 is 6.66. The van der Waals surface area contributed by atoms with E-state index in [2.05, 4.69) is 17.2 Å². The zero-order valence-electron chi connectivity index (χ0n) is 17.2. The molecule has 1 aliphatic rings. The van der Waals surface area contributed by atoms with E-state index in [1.165, 1.54) is 23.1 Å². The highest BCUT2D eigenvalue weighted by molar-refractivity contribution is 7.99. The van der Waals surface area contributed by atoms with Gasteiger partial charge in [-0.05, 0) is 18.4 Å². The highest BCUT2D eigenvalue weighted by Crippen LogP contribution is 2.34. The van der Waals surface area contributed by atoms with Crippen LogP contribution in [0.2, 0.25) is 0 Å². The molecular formula is C21H20N4O4S3. The van der Waals surface area contributed by atoms with E-state index < -0.39 is 5.97 Å². The zero-order valence-corrected chi connectivity index (χ0v) is 19.6. The molecule has 0 saturated heterocycles. The molecule has 11 heteroatoms. The number of rotatable bonds is 8. The molecular weight excluding hydrogens is 468 g/mol. The number of ether oxygens (including phenoxy) is 1. The molecule has 0 atom stereocenters. The van der Waals surface area contributed by atoms with Crippen molar-refractivity contribution in [2.75, 3.05) is 18.9 Å². The number of nitrogens with zero attached hydrogens (tertiary/aromatic N) is 2. The average Bonchev–Trinajstić information content (AvgIpc) is 3.44. The molecule has 0 fully saturated rings. The number of carbonyl (C=O) groups excluding carboxylic acids is 2. The molecule has 0 radical (unpaired) electrons. The average molecular weight is 489 g/mol. The quantitative estimate of drug-likeness (QED) is 0.217. The van der Waals surface area contributed by atoms with Crippen LogP contribution in [-0.4, -0.2) is 40.5 Å². The molecule has 32 heavy (non-hydrogen) atoms. The van der Waals surface area contributed by atoms with Gasteiger partial charge in [0.25, 0.3) is 5.56 Å². The summed E-state index contributed by atoms with van der Waals surface area (Å²) in [4.78, 5) is 43.9. The molecule has 3 aromatic rings. The summed E-state index contributed by atoms with van der Waals surface area (Å²) >= 11 is 4.27. The summed E-state index contributed by atoms with van der Waals surface area (Å²) in [5.41, 5.74) is 1.54. The van der Waals surface area contributed by atoms with Gasteiger partial charge in [-0.15, -0.1) is 29.3 Å². The highest BCUT2D eigenvalue weighted by Gasteiger charge is 2.25. The lowest BCUT2D eigenvalue weighted by molar-refractivity contribution is -0.138. The number of urea groups is 1. The SMILES string of the molecule is C=CCn1c(SCC2=C(C(=O)OCC)CNC(=O)N2)nc2scc(-c3cccs3)c2c1=O. The molecule has 0 spiro atoms. The first-order valence-corrected chi connectivity index (χ1v) is 12.5. The van der Waals surface area contributed by atoms with Gasteiger partial charge in [0.1, 0.15) is 4.83 Å². The number of esters is 1. The molecule has 0 saturated carbocycles. The Hall–Kier alpha value is -2.89. The van der Waals surface area contributed by atoms with Crippen LogP contribution in [0.3, 0.4) is 0 Å². The van der Waals surface area contributed by atoms with Gasteiger partial charge >= 0.3 is 12.0 Å². The number of amides is 2. The molecule has 0 aliphatic carbocycles. The Labute approximate surface area is 196 Å². The zero-order chi connectivity index (χ0) is 22.7. The topological polar surface area (TPSA) is 102 Å². The highest BCUT2D eigenvalue weighted by atomic mass is 32.2. The second-order valence-electron chi connectivity index (χ2n) is 6.68. The number of fused-ring (bicyclic) bond motifs is 1. The van der Waals surface area contributed by atoms with Gasteiger partial charge in [0.05, 0.1) is 24.1 Å². The van der Waals surface area contributed by atoms with E-state index >= 15 is 0 Å². The minimum absolute atomic E-state index is 0.0849. The fourth-order valence-corrected chi connectivity index (χ4v) is 6.02. The van der Waals surface area contributed by atoms with Gasteiger partial charge in [0.15, 0.2) is 5.16 Å². The van der Waals surface area contributed by atoms with Gasteiger partial charge in [0.2, 0.25) is 0 Å². The van der Waals surface area contributed by atoms with E-state index in [1.54, 1.807) is 28.9 Å². The van der Waals surface area contributed by atoms with Crippen LogP contribution in [-0.2, 0) is 16.1 Å². The van der Waals surface area contributed by atoms with E-state index in [4.69, 9.17) is 9.72 Å². The van der Waals surface area contributed by atoms with Gasteiger partial charge < -0.3 is 15.4 Å². The van der Waals surface area contributed by atoms with Crippen LogP contribution >= 0.6 is 34.4 Å². The number of hydrogen-bond acceptors (Lipinski definition) is 8. The Morgan fingerprint density at radius 2 is 2.25 bits per heavy atom. The Morgan fingerprint density at radius 3 is 2.97 bits per heavy atom. The molecule has 4 rings (SSSR count). The standard InChI is InChI=1S/C21H20N4O4S3/c1-3-7-25-18(26)16-13(15-6-5-8-30-15)10-31-17(16)24-21(25)32-11-14-12(19(27)29-4-2)9-22-20(28)23-14/h3,5-6,8,10H,1,4,7,9,11H2,2H3,(H2,22,23,28). The van der Waals surface area contributed by atoms with Gasteiger partial charge in [-0.25, -0.2) is 14.6 Å². The first-order valence-electron chi connectivity index (χ1n) is 9.77. The van der Waals surface area contributed by atoms with Crippen molar-refractivity contribution in [2.45, 2.75) is 18.6 Å². The number of aromatic nitrogens is 2. The Balaban J connectivity index is 1.72. The molecule has 166 valence electrons. The predicted molar refractivity (Wildman–Crippen MR) is 128 cm³/mol. The fraction of sp³-hybridized carbons (Fsp3) is 0.238. The maximum atomic E-state index is 13.4. The third-order valence-corrected chi connectivity index (χ3v) is 7.46. The number of thioether (sulfide) groups is 1. The first kappa shape index (κ1) is 22.3. The van der Waals surface area contributed by atoms with Crippen LogP contribution in [0.4, 0.5) is 4.79 Å². The minimum Gasteiger partial charge on any atom is -0.463 e. The fourth-order valence-electron chi connectivity index (χ4n) is 3.22. The summed E-state index contributed by atoms with van der Waals surface area (Å²) in [7, 11) is 0. The summed E-state index contributed by atoms with van der Waals surface area (Å²) in [6, 6.07) is 3.54. The molecule has 4 heterocycles. The van der Waals surface area contributed by atoms with Crippen LogP contribution < -0.4 is 16.2 Å². The van der Waals surface area contributed by atoms with Crippen LogP contribution in [0, 0.1) is 0 Å². The second-order valence-corrected chi connectivity index (χ2v) is 9.43.